The zero-order valence-corrected chi connectivity index (χ0v) is 9.27. The van der Waals surface area contributed by atoms with E-state index in [2.05, 4.69) is 27.5 Å². The highest BCUT2D eigenvalue weighted by molar-refractivity contribution is 7.98. The Morgan fingerprint density at radius 3 is 3.07 bits per heavy atom. The number of nitrogens with one attached hydrogen (secondary N) is 1. The van der Waals surface area contributed by atoms with E-state index < -0.39 is 0 Å². The molecule has 0 aromatic carbocycles. The number of hydrogen-bond donors (Lipinski definition) is 2. The molecule has 0 atom stereocenters. The molecule has 0 spiro atoms. The normalized spacial score (nSPS) is 9.71. The third-order valence-corrected chi connectivity index (χ3v) is 2.55. The molecule has 14 heavy (non-hydrogen) atoms. The molecule has 1 heterocycles. The van der Waals surface area contributed by atoms with Crippen LogP contribution in [0.2, 0.25) is 0 Å². The van der Waals surface area contributed by atoms with Crippen molar-refractivity contribution in [3.05, 3.63) is 24.3 Å². The lowest BCUT2D eigenvalue weighted by atomic mass is 10.5. The molecular formula is C8H12N4S2. The summed E-state index contributed by atoms with van der Waals surface area (Å²) in [7, 11) is 0. The van der Waals surface area contributed by atoms with Crippen LogP contribution in [-0.2, 0) is 5.75 Å². The zero-order valence-electron chi connectivity index (χ0n) is 7.64. The van der Waals surface area contributed by atoms with Crippen LogP contribution in [0.3, 0.4) is 0 Å². The minimum Gasteiger partial charge on any atom is -0.376 e. The number of thiocarbonyl (C=S) groups is 1. The fourth-order valence-corrected chi connectivity index (χ4v) is 1.68. The van der Waals surface area contributed by atoms with Gasteiger partial charge >= 0.3 is 0 Å². The van der Waals surface area contributed by atoms with E-state index >= 15 is 0 Å². The van der Waals surface area contributed by atoms with Crippen LogP contribution in [0.15, 0.2) is 18.6 Å². The Morgan fingerprint density at radius 2 is 2.43 bits per heavy atom. The van der Waals surface area contributed by atoms with E-state index in [0.29, 0.717) is 5.11 Å². The van der Waals surface area contributed by atoms with Gasteiger partial charge in [0.2, 0.25) is 0 Å². The minimum atomic E-state index is 0.352. The van der Waals surface area contributed by atoms with E-state index in [0.717, 1.165) is 23.7 Å². The molecule has 0 radical (unpaired) electrons. The Bertz CT molecular complexity index is 278. The quantitative estimate of drug-likeness (QED) is 0.566. The molecule has 1 aromatic heterocycles. The van der Waals surface area contributed by atoms with Crippen LogP contribution in [0.5, 0.6) is 0 Å². The summed E-state index contributed by atoms with van der Waals surface area (Å²) in [5, 5.41) is 3.24. The van der Waals surface area contributed by atoms with Gasteiger partial charge in [-0.1, -0.05) is 0 Å². The summed E-state index contributed by atoms with van der Waals surface area (Å²) in [5.74, 6) is 1.82. The van der Waals surface area contributed by atoms with E-state index in [-0.39, 0.29) is 0 Å². The molecule has 4 nitrogen and oxygen atoms in total. The number of rotatable bonds is 5. The summed E-state index contributed by atoms with van der Waals surface area (Å²) < 4.78 is 0. The van der Waals surface area contributed by atoms with Crippen molar-refractivity contribution in [2.24, 2.45) is 5.73 Å². The number of nitrogens with zero attached hydrogens (tertiary/aromatic N) is 2. The van der Waals surface area contributed by atoms with E-state index in [1.165, 1.54) is 0 Å². The van der Waals surface area contributed by atoms with Crippen LogP contribution in [0.25, 0.3) is 0 Å². The molecular weight excluding hydrogens is 216 g/mol. The SMILES string of the molecule is NC(=S)NCCSCc1cnccn1. The van der Waals surface area contributed by atoms with Gasteiger partial charge in [-0.2, -0.15) is 11.8 Å². The van der Waals surface area contributed by atoms with Crippen LogP contribution in [-0.4, -0.2) is 27.4 Å². The van der Waals surface area contributed by atoms with Crippen molar-refractivity contribution < 1.29 is 0 Å². The third kappa shape index (κ3) is 4.98. The third-order valence-electron chi connectivity index (χ3n) is 1.41. The fourth-order valence-electron chi connectivity index (χ4n) is 0.828. The highest BCUT2D eigenvalue weighted by Gasteiger charge is 1.94. The van der Waals surface area contributed by atoms with Crippen LogP contribution in [0.4, 0.5) is 0 Å². The van der Waals surface area contributed by atoms with Gasteiger partial charge in [-0.05, 0) is 12.2 Å². The first-order valence-corrected chi connectivity index (χ1v) is 5.71. The Balaban J connectivity index is 2.08. The molecule has 6 heteroatoms. The van der Waals surface area contributed by atoms with E-state index in [1.807, 2.05) is 0 Å². The molecule has 76 valence electrons. The average molecular weight is 228 g/mol. The lowest BCUT2D eigenvalue weighted by Crippen LogP contribution is -2.30. The van der Waals surface area contributed by atoms with E-state index in [4.69, 9.17) is 5.73 Å². The van der Waals surface area contributed by atoms with Gasteiger partial charge in [0, 0.05) is 36.6 Å². The number of hydrogen-bond acceptors (Lipinski definition) is 4. The molecule has 0 amide bonds. The van der Waals surface area contributed by atoms with Gasteiger partial charge in [0.1, 0.15) is 0 Å². The average Bonchev–Trinajstić information content (AvgIpc) is 2.18. The molecule has 1 aromatic rings. The number of thioether (sulfide) groups is 1. The van der Waals surface area contributed by atoms with Gasteiger partial charge in [-0.25, -0.2) is 0 Å². The highest BCUT2D eigenvalue weighted by atomic mass is 32.2. The van der Waals surface area contributed by atoms with Crippen molar-refractivity contribution in [1.29, 1.82) is 0 Å². The van der Waals surface area contributed by atoms with Crippen LogP contribution >= 0.6 is 24.0 Å². The summed E-state index contributed by atoms with van der Waals surface area (Å²) in [5.41, 5.74) is 6.27. The molecule has 0 aliphatic carbocycles. The van der Waals surface area contributed by atoms with Gasteiger partial charge in [-0.3, -0.25) is 9.97 Å². The summed E-state index contributed by atoms with van der Waals surface area (Å²) in [6.45, 7) is 0.792. The fraction of sp³-hybridized carbons (Fsp3) is 0.375. The van der Waals surface area contributed by atoms with Crippen LogP contribution in [0, 0.1) is 0 Å². The van der Waals surface area contributed by atoms with Crippen molar-refractivity contribution in [3.8, 4) is 0 Å². The van der Waals surface area contributed by atoms with Gasteiger partial charge in [-0.15, -0.1) is 0 Å². The summed E-state index contributed by atoms with van der Waals surface area (Å²) in [6.07, 6.45) is 5.14. The molecule has 0 saturated heterocycles. The maximum atomic E-state index is 5.27. The van der Waals surface area contributed by atoms with Gasteiger partial charge in [0.25, 0.3) is 0 Å². The first kappa shape index (κ1) is 11.2. The van der Waals surface area contributed by atoms with E-state index in [9.17, 15) is 0 Å². The molecule has 0 fully saturated rings. The Labute approximate surface area is 92.7 Å². The first-order chi connectivity index (χ1) is 6.79. The van der Waals surface area contributed by atoms with Crippen molar-refractivity contribution in [2.75, 3.05) is 12.3 Å². The second-order valence-corrected chi connectivity index (χ2v) is 4.09. The molecule has 0 saturated carbocycles. The number of aromatic nitrogens is 2. The molecule has 0 aliphatic heterocycles. The van der Waals surface area contributed by atoms with Crippen molar-refractivity contribution in [1.82, 2.24) is 15.3 Å². The molecule has 1 rings (SSSR count). The maximum Gasteiger partial charge on any atom is 0.163 e. The second kappa shape index (κ2) is 6.56. The predicted octanol–water partition coefficient (Wildman–Crippen LogP) is 0.543. The van der Waals surface area contributed by atoms with Gasteiger partial charge < -0.3 is 11.1 Å². The van der Waals surface area contributed by atoms with Crippen molar-refractivity contribution in [3.63, 3.8) is 0 Å². The van der Waals surface area contributed by atoms with Crippen molar-refractivity contribution in [2.45, 2.75) is 5.75 Å². The molecule has 0 aliphatic rings. The second-order valence-electron chi connectivity index (χ2n) is 2.54. The summed E-state index contributed by atoms with van der Waals surface area (Å²) in [6, 6.07) is 0. The molecule has 3 N–H and O–H groups in total. The zero-order chi connectivity index (χ0) is 10.2. The van der Waals surface area contributed by atoms with E-state index in [1.54, 1.807) is 30.4 Å². The standard InChI is InChI=1S/C8H12N4S2/c9-8(13)12-3-4-14-6-7-5-10-1-2-11-7/h1-2,5H,3-4,6H2,(H3,9,12,13). The Hall–Kier alpha value is -0.880. The lowest BCUT2D eigenvalue weighted by molar-refractivity contribution is 0.981. The largest absolute Gasteiger partial charge is 0.376 e. The topological polar surface area (TPSA) is 63.8 Å². The van der Waals surface area contributed by atoms with Gasteiger partial charge in [0.05, 0.1) is 5.69 Å². The lowest BCUT2D eigenvalue weighted by Gasteiger charge is -2.02. The monoisotopic (exact) mass is 228 g/mol. The number of nitrogens with two attached hydrogens (primary N) is 1. The van der Waals surface area contributed by atoms with Crippen molar-refractivity contribution >= 4 is 29.1 Å². The molecule has 0 unspecified atom stereocenters. The minimum absolute atomic E-state index is 0.352. The highest BCUT2D eigenvalue weighted by Crippen LogP contribution is 2.06. The van der Waals surface area contributed by atoms with Gasteiger partial charge in [0.15, 0.2) is 5.11 Å². The van der Waals surface area contributed by atoms with Crippen LogP contribution in [0.1, 0.15) is 5.69 Å². The Morgan fingerprint density at radius 1 is 1.57 bits per heavy atom. The smallest absolute Gasteiger partial charge is 0.163 e. The summed E-state index contributed by atoms with van der Waals surface area (Å²) in [4.78, 5) is 8.14. The van der Waals surface area contributed by atoms with Crippen LogP contribution < -0.4 is 11.1 Å². The predicted molar refractivity (Wildman–Crippen MR) is 63.0 cm³/mol. The Kier molecular flexibility index (Phi) is 5.24. The maximum absolute atomic E-state index is 5.27. The summed E-state index contributed by atoms with van der Waals surface area (Å²) >= 11 is 6.44. The first-order valence-electron chi connectivity index (χ1n) is 4.15. The molecule has 0 bridgehead atoms.